The van der Waals surface area contributed by atoms with E-state index in [0.29, 0.717) is 0 Å². The zero-order valence-electron chi connectivity index (χ0n) is 38.9. The lowest BCUT2D eigenvalue weighted by atomic mass is 9.76. The summed E-state index contributed by atoms with van der Waals surface area (Å²) in [6.45, 7) is 20.3. The summed E-state index contributed by atoms with van der Waals surface area (Å²) in [7, 11) is 0. The molecule has 0 spiro atoms. The molecule has 0 fully saturated rings. The minimum Gasteiger partial charge on any atom is -0.871 e. The average molecular weight is 907 g/mol. The number of hydrogen-bond donors (Lipinski definition) is 6. The molecule has 4 aromatic carbocycles. The average Bonchev–Trinajstić information content (AvgIpc) is 3.56. The van der Waals surface area contributed by atoms with Crippen LogP contribution in [-0.2, 0) is 25.1 Å². The van der Waals surface area contributed by atoms with Gasteiger partial charge in [0.05, 0.1) is 16.8 Å². The predicted molar refractivity (Wildman–Crippen MR) is 247 cm³/mol. The Morgan fingerprint density at radius 3 is 1.76 bits per heavy atom. The summed E-state index contributed by atoms with van der Waals surface area (Å²) >= 11 is 0. The van der Waals surface area contributed by atoms with Crippen molar-refractivity contribution < 1.29 is 58.9 Å². The summed E-state index contributed by atoms with van der Waals surface area (Å²) in [5, 5.41) is 60.1. The van der Waals surface area contributed by atoms with Crippen molar-refractivity contribution in [2.45, 2.75) is 104 Å². The second-order valence-electron chi connectivity index (χ2n) is 18.6. The molecule has 0 bridgehead atoms. The first-order chi connectivity index (χ1) is 31.0. The predicted octanol–water partition coefficient (Wildman–Crippen LogP) is 5.74. The number of carbonyl (C=O) groups is 3. The quantitative estimate of drug-likeness (QED) is 0.0536. The number of nitrogens with one attached hydrogen (secondary N) is 2. The maximum atomic E-state index is 14.7. The van der Waals surface area contributed by atoms with Gasteiger partial charge in [0.1, 0.15) is 44.0 Å². The van der Waals surface area contributed by atoms with Crippen molar-refractivity contribution in [1.29, 1.82) is 0 Å². The smallest absolute Gasteiger partial charge is 0.411 e. The van der Waals surface area contributed by atoms with Crippen molar-refractivity contribution in [2.24, 2.45) is 0 Å². The molecule has 16 heteroatoms. The lowest BCUT2D eigenvalue weighted by molar-refractivity contribution is -0.292. The molecule has 0 saturated heterocycles. The van der Waals surface area contributed by atoms with Crippen molar-refractivity contribution in [3.05, 3.63) is 93.7 Å². The molecule has 0 saturated carbocycles. The van der Waals surface area contributed by atoms with E-state index in [1.165, 1.54) is 36.4 Å². The molecule has 1 aliphatic carbocycles. The third-order valence-electron chi connectivity index (χ3n) is 13.2. The Morgan fingerprint density at radius 2 is 1.26 bits per heavy atom. The van der Waals surface area contributed by atoms with Crippen molar-refractivity contribution in [3.8, 4) is 34.5 Å². The zero-order chi connectivity index (χ0) is 48.2. The fraction of sp³-hybridized carbons (Fsp3) is 0.400. The molecular weight excluding hydrogens is 849 g/mol. The van der Waals surface area contributed by atoms with Gasteiger partial charge in [-0.15, -0.1) is 0 Å². The first-order valence-electron chi connectivity index (χ1n) is 22.0. The van der Waals surface area contributed by atoms with Gasteiger partial charge in [0.25, 0.3) is 0 Å². The number of nitrogens with zero attached hydrogens (tertiary/aromatic N) is 2. The Bertz CT molecular complexity index is 2790. The molecule has 2 unspecified atom stereocenters. The molecule has 6 N–H and O–H groups in total. The number of benzene rings is 4. The molecule has 66 heavy (non-hydrogen) atoms. The number of phenolic OH excluding ortho intramolecular Hbond substituents is 4. The highest BCUT2D eigenvalue weighted by Gasteiger charge is 2.47. The standard InChI is InChI=1S/C50H58N4O12/c1-25(2)53-27(5)49(7,8)33-21-31(35(23-37(33)53)51-47(61)65-17-15-63-29-11-13-39(55)41(57)19-29)43-45(59)44(46(43)60)32-22-34-38(54(26(3)4)28(6)50(34,9)10)24-36(32)52-48(62)66-18-16-64-30-12-14-40(56)42(58)20-30/h11-14,19-28H,15-18H2,1-10H3,(H6,51,52,55,56,57,58,59,60,61,62). The van der Waals surface area contributed by atoms with E-state index in [1.807, 2.05) is 0 Å². The third-order valence-corrected chi connectivity index (χ3v) is 13.2. The highest BCUT2D eigenvalue weighted by atomic mass is 16.6. The van der Waals surface area contributed by atoms with E-state index in [0.717, 1.165) is 22.2 Å². The molecule has 16 nitrogen and oxygen atoms in total. The largest absolute Gasteiger partial charge is 0.871 e. The second kappa shape index (κ2) is 17.7. The van der Waals surface area contributed by atoms with Gasteiger partial charge >= 0.3 is 12.2 Å². The molecule has 2 aliphatic heterocycles. The number of rotatable bonds is 13. The number of allylic oxidation sites excluding steroid dienone is 2. The van der Waals surface area contributed by atoms with E-state index in [-0.39, 0.29) is 118 Å². The summed E-state index contributed by atoms with van der Waals surface area (Å²) in [6, 6.07) is 15.2. The summed E-state index contributed by atoms with van der Waals surface area (Å²) in [5.41, 5.74) is 2.12. The van der Waals surface area contributed by atoms with Gasteiger partial charge in [-0.1, -0.05) is 19.6 Å². The van der Waals surface area contributed by atoms with Crippen LogP contribution in [0.3, 0.4) is 0 Å². The first kappa shape index (κ1) is 46.9. The Labute approximate surface area is 383 Å². The Hall–Kier alpha value is -7.10. The van der Waals surface area contributed by atoms with Crippen molar-refractivity contribution in [2.75, 3.05) is 42.0 Å². The van der Waals surface area contributed by atoms with E-state index in [9.17, 15) is 39.9 Å². The lowest BCUT2D eigenvalue weighted by Gasteiger charge is -2.34. The number of Topliss-reactive ketones (excluding diaryl/α,β-unsaturated/α-hetero) is 1. The maximum absolute atomic E-state index is 14.7. The molecule has 0 radical (unpaired) electrons. The van der Waals surface area contributed by atoms with E-state index >= 15 is 0 Å². The fourth-order valence-corrected chi connectivity index (χ4v) is 9.22. The molecule has 2 heterocycles. The summed E-state index contributed by atoms with van der Waals surface area (Å²) in [5.74, 6) is -1.98. The van der Waals surface area contributed by atoms with Gasteiger partial charge in [0, 0.05) is 68.9 Å². The summed E-state index contributed by atoms with van der Waals surface area (Å²) in [6.07, 6.45) is -1.72. The van der Waals surface area contributed by atoms with Crippen LogP contribution in [0.4, 0.5) is 26.7 Å². The van der Waals surface area contributed by atoms with Crippen LogP contribution in [-0.4, -0.2) is 89.0 Å². The van der Waals surface area contributed by atoms with Gasteiger partial charge in [0.2, 0.25) is 5.36 Å². The zero-order valence-corrected chi connectivity index (χ0v) is 38.9. The summed E-state index contributed by atoms with van der Waals surface area (Å²) in [4.78, 5) is 43.8. The van der Waals surface area contributed by atoms with E-state index in [1.54, 1.807) is 24.3 Å². The number of aromatic hydroxyl groups is 4. The summed E-state index contributed by atoms with van der Waals surface area (Å²) < 4.78 is 24.3. The van der Waals surface area contributed by atoms with E-state index < -0.39 is 34.6 Å². The van der Waals surface area contributed by atoms with Crippen LogP contribution in [0.5, 0.6) is 34.5 Å². The molecule has 0 aromatic heterocycles. The van der Waals surface area contributed by atoms with E-state index in [2.05, 4.69) is 89.3 Å². The van der Waals surface area contributed by atoms with Gasteiger partial charge < -0.3 is 49.4 Å². The highest BCUT2D eigenvalue weighted by molar-refractivity contribution is 6.52. The van der Waals surface area contributed by atoms with Crippen molar-refractivity contribution in [3.63, 3.8) is 0 Å². The SMILES string of the molecule is CC(C)N1c2cc(NC(=O)OCCOc3ccc(O)c(O)c3)c(C3=C([O-])/C(=c4/cc5c(cc4NC(=O)OCCOc4ccc(O)c(O)c4)=[N+](C(C)C)C(C)C5(C)C)C3=O)cc2C(C)(C)C1C. The number of hydrogen-bond acceptors (Lipinski definition) is 13. The molecule has 3 aliphatic rings. The van der Waals surface area contributed by atoms with Crippen LogP contribution in [0.2, 0.25) is 0 Å². The fourth-order valence-electron chi connectivity index (χ4n) is 9.22. The van der Waals surface area contributed by atoms with Crippen LogP contribution >= 0.6 is 0 Å². The molecular formula is C50H58N4O12. The Morgan fingerprint density at radius 1 is 0.712 bits per heavy atom. The minimum atomic E-state index is -0.861. The van der Waals surface area contributed by atoms with E-state index in [4.69, 9.17) is 18.9 Å². The Kier molecular flexibility index (Phi) is 12.6. The Balaban J connectivity index is 1.26. The number of phenols is 4. The maximum Gasteiger partial charge on any atom is 0.411 e. The normalized spacial score (nSPS) is 18.8. The van der Waals surface area contributed by atoms with Gasteiger partial charge in [-0.2, -0.15) is 0 Å². The first-order valence-corrected chi connectivity index (χ1v) is 22.0. The lowest BCUT2D eigenvalue weighted by Crippen LogP contribution is -2.42. The second-order valence-corrected chi connectivity index (χ2v) is 18.6. The number of fused-ring (bicyclic) bond motifs is 2. The van der Waals surface area contributed by atoms with Gasteiger partial charge in [-0.25, -0.2) is 14.2 Å². The molecule has 7 rings (SSSR count). The van der Waals surface area contributed by atoms with Crippen LogP contribution in [0.15, 0.2) is 66.4 Å². The third kappa shape index (κ3) is 8.47. The highest BCUT2D eigenvalue weighted by Crippen LogP contribution is 2.50. The molecule has 350 valence electrons. The number of ether oxygens (including phenoxy) is 4. The number of carbonyl (C=O) groups excluding carboxylic acids is 3. The van der Waals surface area contributed by atoms with Crippen LogP contribution in [0.25, 0.3) is 11.1 Å². The van der Waals surface area contributed by atoms with Gasteiger partial charge in [0.15, 0.2) is 34.8 Å². The number of ketones is 1. The molecule has 2 atom stereocenters. The van der Waals surface area contributed by atoms with Crippen molar-refractivity contribution in [1.82, 2.24) is 4.58 Å². The number of anilines is 3. The van der Waals surface area contributed by atoms with Crippen LogP contribution < -0.4 is 45.3 Å². The molecule has 4 aromatic rings. The minimum absolute atomic E-state index is 0.0164. The van der Waals surface area contributed by atoms with Crippen LogP contribution in [0, 0.1) is 0 Å². The molecule has 2 amide bonds. The van der Waals surface area contributed by atoms with Crippen molar-refractivity contribution >= 4 is 46.2 Å². The van der Waals surface area contributed by atoms with Crippen LogP contribution in [0.1, 0.15) is 85.9 Å². The topological polar surface area (TPSA) is 222 Å². The number of amides is 2. The van der Waals surface area contributed by atoms with Gasteiger partial charge in [-0.05, 0) is 103 Å². The van der Waals surface area contributed by atoms with Gasteiger partial charge in [-0.3, -0.25) is 15.4 Å². The monoisotopic (exact) mass is 906 g/mol.